The molecule has 0 aliphatic heterocycles. The van der Waals surface area contributed by atoms with E-state index in [4.69, 9.17) is 9.47 Å². The van der Waals surface area contributed by atoms with Crippen LogP contribution in [0, 0.1) is 0 Å². The van der Waals surface area contributed by atoms with Crippen LogP contribution in [-0.2, 0) is 11.3 Å². The standard InChI is InChI=1S/C13H13N5O3/c1-20-5-4-18-8-9(6-15-18)21-13-16-11-7-14-3-2-10(11)12(19)17-13/h2-3,6-8H,4-5H2,1H3,(H,16,17,19). The number of aromatic nitrogens is 5. The molecular weight excluding hydrogens is 274 g/mol. The average molecular weight is 287 g/mol. The van der Waals surface area contributed by atoms with Crippen molar-refractivity contribution < 1.29 is 9.47 Å². The van der Waals surface area contributed by atoms with E-state index in [-0.39, 0.29) is 11.6 Å². The fraction of sp³-hybridized carbons (Fsp3) is 0.231. The molecule has 3 aromatic heterocycles. The lowest BCUT2D eigenvalue weighted by Crippen LogP contribution is -2.09. The van der Waals surface area contributed by atoms with Crippen molar-refractivity contribution >= 4 is 10.9 Å². The summed E-state index contributed by atoms with van der Waals surface area (Å²) in [5.41, 5.74) is 0.201. The van der Waals surface area contributed by atoms with Gasteiger partial charge in [-0.3, -0.25) is 19.4 Å². The Morgan fingerprint density at radius 1 is 1.38 bits per heavy atom. The lowest BCUT2D eigenvalue weighted by molar-refractivity contribution is 0.183. The second kappa shape index (κ2) is 5.71. The highest BCUT2D eigenvalue weighted by Crippen LogP contribution is 2.17. The van der Waals surface area contributed by atoms with Gasteiger partial charge < -0.3 is 9.47 Å². The lowest BCUT2D eigenvalue weighted by Gasteiger charge is -2.02. The molecule has 0 unspecified atom stereocenters. The highest BCUT2D eigenvalue weighted by molar-refractivity contribution is 5.76. The molecule has 0 aromatic carbocycles. The van der Waals surface area contributed by atoms with Crippen LogP contribution in [0.5, 0.6) is 11.8 Å². The lowest BCUT2D eigenvalue weighted by atomic mass is 10.3. The molecule has 0 saturated carbocycles. The number of fused-ring (bicyclic) bond motifs is 1. The summed E-state index contributed by atoms with van der Waals surface area (Å²) in [5, 5.41) is 4.58. The van der Waals surface area contributed by atoms with Crippen LogP contribution in [-0.4, -0.2) is 38.4 Å². The summed E-state index contributed by atoms with van der Waals surface area (Å²) >= 11 is 0. The molecule has 0 amide bonds. The number of hydrogen-bond acceptors (Lipinski definition) is 6. The molecule has 0 saturated heterocycles. The van der Waals surface area contributed by atoms with E-state index in [9.17, 15) is 4.79 Å². The summed E-state index contributed by atoms with van der Waals surface area (Å²) in [7, 11) is 1.62. The molecule has 21 heavy (non-hydrogen) atoms. The number of H-pyrrole nitrogens is 1. The number of nitrogens with one attached hydrogen (secondary N) is 1. The van der Waals surface area contributed by atoms with Crippen LogP contribution in [0.1, 0.15) is 0 Å². The van der Waals surface area contributed by atoms with E-state index in [2.05, 4.69) is 20.1 Å². The van der Waals surface area contributed by atoms with Crippen molar-refractivity contribution in [1.29, 1.82) is 0 Å². The maximum absolute atomic E-state index is 11.9. The first-order chi connectivity index (χ1) is 10.3. The predicted octanol–water partition coefficient (Wildman–Crippen LogP) is 0.953. The molecule has 3 rings (SSSR count). The molecule has 0 aliphatic rings. The molecule has 0 atom stereocenters. The van der Waals surface area contributed by atoms with E-state index in [0.717, 1.165) is 0 Å². The van der Waals surface area contributed by atoms with Crippen molar-refractivity contribution in [2.75, 3.05) is 13.7 Å². The van der Waals surface area contributed by atoms with Gasteiger partial charge in [0.1, 0.15) is 0 Å². The maximum Gasteiger partial charge on any atom is 0.302 e. The average Bonchev–Trinajstić information content (AvgIpc) is 2.92. The van der Waals surface area contributed by atoms with E-state index >= 15 is 0 Å². The van der Waals surface area contributed by atoms with Crippen molar-refractivity contribution in [3.8, 4) is 11.8 Å². The van der Waals surface area contributed by atoms with Gasteiger partial charge in [0.25, 0.3) is 5.56 Å². The minimum atomic E-state index is -0.274. The zero-order valence-corrected chi connectivity index (χ0v) is 11.3. The third-order valence-electron chi connectivity index (χ3n) is 2.84. The Kier molecular flexibility index (Phi) is 3.61. The first-order valence-electron chi connectivity index (χ1n) is 6.29. The van der Waals surface area contributed by atoms with Crippen molar-refractivity contribution in [2.45, 2.75) is 6.54 Å². The topological polar surface area (TPSA) is 94.9 Å². The van der Waals surface area contributed by atoms with Gasteiger partial charge in [0.05, 0.1) is 42.6 Å². The third-order valence-corrected chi connectivity index (χ3v) is 2.84. The Morgan fingerprint density at radius 2 is 2.29 bits per heavy atom. The summed E-state index contributed by atoms with van der Waals surface area (Å²) in [4.78, 5) is 22.6. The molecule has 8 heteroatoms. The molecule has 0 aliphatic carbocycles. The summed E-state index contributed by atoms with van der Waals surface area (Å²) < 4.78 is 12.2. The van der Waals surface area contributed by atoms with E-state index in [1.165, 1.54) is 6.20 Å². The Hall–Kier alpha value is -2.74. The Labute approximate surface area is 119 Å². The quantitative estimate of drug-likeness (QED) is 0.750. The van der Waals surface area contributed by atoms with Gasteiger partial charge >= 0.3 is 6.01 Å². The van der Waals surface area contributed by atoms with Crippen molar-refractivity contribution in [1.82, 2.24) is 24.7 Å². The van der Waals surface area contributed by atoms with Crippen LogP contribution in [0.15, 0.2) is 35.6 Å². The van der Waals surface area contributed by atoms with Crippen molar-refractivity contribution in [3.63, 3.8) is 0 Å². The van der Waals surface area contributed by atoms with E-state index < -0.39 is 0 Å². The third kappa shape index (κ3) is 2.90. The fourth-order valence-electron chi connectivity index (χ4n) is 1.83. The Balaban J connectivity index is 1.84. The molecular formula is C13H13N5O3. The number of nitrogens with zero attached hydrogens (tertiary/aromatic N) is 4. The summed E-state index contributed by atoms with van der Waals surface area (Å²) in [6, 6.07) is 1.71. The summed E-state index contributed by atoms with van der Waals surface area (Å²) in [6.07, 6.45) is 6.30. The van der Waals surface area contributed by atoms with Gasteiger partial charge in [-0.1, -0.05) is 0 Å². The fourth-order valence-corrected chi connectivity index (χ4v) is 1.83. The Bertz CT molecular complexity index is 811. The van der Waals surface area contributed by atoms with Crippen molar-refractivity contribution in [3.05, 3.63) is 41.2 Å². The van der Waals surface area contributed by atoms with Gasteiger partial charge in [-0.15, -0.1) is 0 Å². The first kappa shape index (κ1) is 13.3. The minimum Gasteiger partial charge on any atom is -0.422 e. The highest BCUT2D eigenvalue weighted by Gasteiger charge is 2.07. The van der Waals surface area contributed by atoms with E-state index in [0.29, 0.717) is 29.8 Å². The zero-order valence-electron chi connectivity index (χ0n) is 11.3. The Morgan fingerprint density at radius 3 is 3.14 bits per heavy atom. The number of pyridine rings is 1. The first-order valence-corrected chi connectivity index (χ1v) is 6.29. The maximum atomic E-state index is 11.9. The van der Waals surface area contributed by atoms with Crippen LogP contribution in [0.25, 0.3) is 10.9 Å². The number of ether oxygens (including phenoxy) is 2. The van der Waals surface area contributed by atoms with Gasteiger partial charge in [-0.2, -0.15) is 10.1 Å². The second-order valence-electron chi connectivity index (χ2n) is 4.30. The molecule has 0 radical (unpaired) electrons. The molecule has 3 heterocycles. The van der Waals surface area contributed by atoms with Gasteiger partial charge in [0, 0.05) is 13.3 Å². The van der Waals surface area contributed by atoms with E-state index in [1.54, 1.807) is 36.4 Å². The van der Waals surface area contributed by atoms with Gasteiger partial charge in [-0.05, 0) is 6.07 Å². The largest absolute Gasteiger partial charge is 0.422 e. The van der Waals surface area contributed by atoms with E-state index in [1.807, 2.05) is 0 Å². The SMILES string of the molecule is COCCn1cc(Oc2nc3cnccc3c(=O)[nH]2)cn1. The van der Waals surface area contributed by atoms with Gasteiger partial charge in [-0.25, -0.2) is 0 Å². The molecule has 8 nitrogen and oxygen atoms in total. The van der Waals surface area contributed by atoms with Crippen LogP contribution >= 0.6 is 0 Å². The molecule has 108 valence electrons. The van der Waals surface area contributed by atoms with Crippen LogP contribution < -0.4 is 10.3 Å². The number of methoxy groups -OCH3 is 1. The number of rotatable bonds is 5. The van der Waals surface area contributed by atoms with Crippen LogP contribution in [0.3, 0.4) is 0 Å². The van der Waals surface area contributed by atoms with Crippen LogP contribution in [0.4, 0.5) is 0 Å². The minimum absolute atomic E-state index is 0.104. The second-order valence-corrected chi connectivity index (χ2v) is 4.30. The predicted molar refractivity (Wildman–Crippen MR) is 74.3 cm³/mol. The van der Waals surface area contributed by atoms with Crippen molar-refractivity contribution in [2.24, 2.45) is 0 Å². The summed E-state index contributed by atoms with van der Waals surface area (Å²) in [6.45, 7) is 1.17. The highest BCUT2D eigenvalue weighted by atomic mass is 16.5. The number of hydrogen-bond donors (Lipinski definition) is 1. The molecule has 0 fully saturated rings. The molecule has 0 bridgehead atoms. The smallest absolute Gasteiger partial charge is 0.302 e. The van der Waals surface area contributed by atoms with Gasteiger partial charge in [0.15, 0.2) is 5.75 Å². The van der Waals surface area contributed by atoms with Gasteiger partial charge in [0.2, 0.25) is 0 Å². The molecule has 3 aromatic rings. The number of aromatic amines is 1. The normalized spacial score (nSPS) is 10.9. The molecule has 1 N–H and O–H groups in total. The molecule has 0 spiro atoms. The van der Waals surface area contributed by atoms with Crippen LogP contribution in [0.2, 0.25) is 0 Å². The summed E-state index contributed by atoms with van der Waals surface area (Å²) in [5.74, 6) is 0.484. The zero-order chi connectivity index (χ0) is 14.7. The monoisotopic (exact) mass is 287 g/mol.